The highest BCUT2D eigenvalue weighted by Crippen LogP contribution is 2.12. The van der Waals surface area contributed by atoms with Gasteiger partial charge in [0.15, 0.2) is 0 Å². The number of nitrogens with zero attached hydrogens (tertiary/aromatic N) is 1. The number of ether oxygens (including phenoxy) is 1. The van der Waals surface area contributed by atoms with Crippen molar-refractivity contribution in [1.29, 1.82) is 0 Å². The molecule has 1 saturated heterocycles. The average Bonchev–Trinajstić information content (AvgIpc) is 2.37. The molecule has 2 amide bonds. The minimum Gasteiger partial charge on any atom is -0.481 e. The first-order chi connectivity index (χ1) is 8.49. The first-order valence-electron chi connectivity index (χ1n) is 5.87. The van der Waals surface area contributed by atoms with Crippen LogP contribution >= 0.6 is 0 Å². The Morgan fingerprint density at radius 2 is 2.17 bits per heavy atom. The van der Waals surface area contributed by atoms with Gasteiger partial charge in [-0.05, 0) is 13.8 Å². The Kier molecular flexibility index (Phi) is 5.08. The number of amides is 2. The van der Waals surface area contributed by atoms with Crippen molar-refractivity contribution in [2.45, 2.75) is 19.9 Å². The van der Waals surface area contributed by atoms with E-state index in [2.05, 4.69) is 5.32 Å². The lowest BCUT2D eigenvalue weighted by atomic mass is 10.1. The number of carboxylic acids is 1. The number of hydrogen-bond donors (Lipinski definition) is 2. The normalized spacial score (nSPS) is 21.2. The molecule has 0 aromatic rings. The average molecular weight is 258 g/mol. The Morgan fingerprint density at radius 3 is 2.72 bits per heavy atom. The lowest BCUT2D eigenvalue weighted by Gasteiger charge is -2.35. The van der Waals surface area contributed by atoms with E-state index in [1.54, 1.807) is 6.92 Å². The predicted octanol–water partition coefficient (Wildman–Crippen LogP) is -0.929. The van der Waals surface area contributed by atoms with Crippen molar-refractivity contribution in [3.05, 3.63) is 0 Å². The fraction of sp³-hybridized carbons (Fsp3) is 0.727. The van der Waals surface area contributed by atoms with Gasteiger partial charge in [-0.3, -0.25) is 14.4 Å². The fourth-order valence-electron chi connectivity index (χ4n) is 1.73. The number of aliphatic carboxylic acids is 1. The Morgan fingerprint density at radius 1 is 1.50 bits per heavy atom. The molecular formula is C11H18N2O5. The smallest absolute Gasteiger partial charge is 0.315 e. The number of carboxylic acid groups (broad SMARTS) is 1. The summed E-state index contributed by atoms with van der Waals surface area (Å²) in [6, 6.07) is -0.743. The maximum atomic E-state index is 12.0. The van der Waals surface area contributed by atoms with Crippen molar-refractivity contribution in [3.8, 4) is 0 Å². The molecule has 18 heavy (non-hydrogen) atoms. The second-order valence-electron chi connectivity index (χ2n) is 4.08. The molecule has 1 aliphatic rings. The van der Waals surface area contributed by atoms with Gasteiger partial charge < -0.3 is 20.1 Å². The minimum absolute atomic E-state index is 0.101. The van der Waals surface area contributed by atoms with Gasteiger partial charge in [-0.15, -0.1) is 0 Å². The molecule has 0 spiro atoms. The van der Waals surface area contributed by atoms with Crippen LogP contribution in [-0.2, 0) is 19.1 Å². The van der Waals surface area contributed by atoms with E-state index in [0.29, 0.717) is 13.2 Å². The minimum atomic E-state index is -1.19. The molecule has 1 heterocycles. The first-order valence-corrected chi connectivity index (χ1v) is 5.87. The van der Waals surface area contributed by atoms with Gasteiger partial charge in [0.1, 0.15) is 12.0 Å². The van der Waals surface area contributed by atoms with Crippen LogP contribution in [0, 0.1) is 5.92 Å². The Bertz CT molecular complexity index is 344. The third-order valence-electron chi connectivity index (χ3n) is 2.81. The highest BCUT2D eigenvalue weighted by atomic mass is 16.5. The van der Waals surface area contributed by atoms with Crippen LogP contribution in [0.25, 0.3) is 0 Å². The molecule has 7 heteroatoms. The summed E-state index contributed by atoms with van der Waals surface area (Å²) in [6.45, 7) is 4.19. The zero-order valence-electron chi connectivity index (χ0n) is 10.5. The van der Waals surface area contributed by atoms with Gasteiger partial charge in [0, 0.05) is 13.1 Å². The monoisotopic (exact) mass is 258 g/mol. The van der Waals surface area contributed by atoms with Crippen LogP contribution in [0.5, 0.6) is 0 Å². The molecule has 2 unspecified atom stereocenters. The number of carbonyl (C=O) groups excluding carboxylic acids is 2. The number of rotatable bonds is 4. The van der Waals surface area contributed by atoms with E-state index < -0.39 is 23.8 Å². The van der Waals surface area contributed by atoms with E-state index >= 15 is 0 Å². The molecule has 2 atom stereocenters. The zero-order chi connectivity index (χ0) is 13.7. The molecule has 0 aromatic carbocycles. The summed E-state index contributed by atoms with van der Waals surface area (Å²) in [5.41, 5.74) is 0. The molecule has 102 valence electrons. The van der Waals surface area contributed by atoms with Gasteiger partial charge in [-0.2, -0.15) is 0 Å². The van der Waals surface area contributed by atoms with E-state index in [9.17, 15) is 14.4 Å². The number of morpholine rings is 1. The maximum absolute atomic E-state index is 12.0. The summed E-state index contributed by atoms with van der Waals surface area (Å²) in [7, 11) is 0. The largest absolute Gasteiger partial charge is 0.481 e. The number of nitrogens with one attached hydrogen (secondary N) is 1. The quantitative estimate of drug-likeness (QED) is 0.635. The Balaban J connectivity index is 2.79. The van der Waals surface area contributed by atoms with Gasteiger partial charge in [-0.1, -0.05) is 0 Å². The van der Waals surface area contributed by atoms with Crippen LogP contribution in [0.2, 0.25) is 0 Å². The highest BCUT2D eigenvalue weighted by Gasteiger charge is 2.36. The summed E-state index contributed by atoms with van der Waals surface area (Å²) < 4.78 is 5.17. The second-order valence-corrected chi connectivity index (χ2v) is 4.08. The molecule has 1 fully saturated rings. The van der Waals surface area contributed by atoms with Crippen molar-refractivity contribution in [2.24, 2.45) is 5.92 Å². The van der Waals surface area contributed by atoms with Gasteiger partial charge in [0.25, 0.3) is 0 Å². The van der Waals surface area contributed by atoms with E-state index in [-0.39, 0.29) is 19.1 Å². The van der Waals surface area contributed by atoms with Crippen LogP contribution in [0.4, 0.5) is 0 Å². The molecule has 0 saturated carbocycles. The molecule has 0 radical (unpaired) electrons. The molecule has 2 N–H and O–H groups in total. The summed E-state index contributed by atoms with van der Waals surface area (Å²) in [5.74, 6) is -3.22. The van der Waals surface area contributed by atoms with Crippen molar-refractivity contribution in [2.75, 3.05) is 26.3 Å². The molecular weight excluding hydrogens is 240 g/mol. The van der Waals surface area contributed by atoms with Gasteiger partial charge in [0.2, 0.25) is 11.8 Å². The van der Waals surface area contributed by atoms with E-state index in [1.165, 1.54) is 11.8 Å². The Labute approximate surface area is 105 Å². The van der Waals surface area contributed by atoms with Crippen molar-refractivity contribution < 1.29 is 24.2 Å². The summed E-state index contributed by atoms with van der Waals surface area (Å²) in [5, 5.41) is 11.4. The molecule has 1 rings (SSSR count). The maximum Gasteiger partial charge on any atom is 0.315 e. The number of carbonyl (C=O) groups is 3. The zero-order valence-corrected chi connectivity index (χ0v) is 10.5. The Hall–Kier alpha value is -1.63. The van der Waals surface area contributed by atoms with Gasteiger partial charge in [-0.25, -0.2) is 0 Å². The fourth-order valence-corrected chi connectivity index (χ4v) is 1.73. The van der Waals surface area contributed by atoms with Crippen LogP contribution in [0.3, 0.4) is 0 Å². The topological polar surface area (TPSA) is 95.9 Å². The van der Waals surface area contributed by atoms with Crippen molar-refractivity contribution in [3.63, 3.8) is 0 Å². The van der Waals surface area contributed by atoms with E-state index in [4.69, 9.17) is 9.84 Å². The third-order valence-corrected chi connectivity index (χ3v) is 2.81. The lowest BCUT2D eigenvalue weighted by Crippen LogP contribution is -2.57. The highest BCUT2D eigenvalue weighted by molar-refractivity contribution is 5.98. The number of likely N-dealkylation sites (N-methyl/N-ethyl adjacent to an activating group) is 1. The van der Waals surface area contributed by atoms with Crippen molar-refractivity contribution in [1.82, 2.24) is 10.2 Å². The van der Waals surface area contributed by atoms with E-state index in [0.717, 1.165) is 0 Å². The molecule has 0 bridgehead atoms. The molecule has 1 aliphatic heterocycles. The van der Waals surface area contributed by atoms with Gasteiger partial charge >= 0.3 is 5.97 Å². The van der Waals surface area contributed by atoms with E-state index in [1.807, 2.05) is 0 Å². The summed E-state index contributed by atoms with van der Waals surface area (Å²) >= 11 is 0. The van der Waals surface area contributed by atoms with Crippen LogP contribution < -0.4 is 5.32 Å². The van der Waals surface area contributed by atoms with Crippen molar-refractivity contribution >= 4 is 17.8 Å². The molecule has 0 aromatic heterocycles. The van der Waals surface area contributed by atoms with Crippen LogP contribution in [0.15, 0.2) is 0 Å². The summed E-state index contributed by atoms with van der Waals surface area (Å²) in [6.07, 6.45) is 0. The predicted molar refractivity (Wildman–Crippen MR) is 61.8 cm³/mol. The molecule has 0 aliphatic carbocycles. The lowest BCUT2D eigenvalue weighted by molar-refractivity contribution is -0.158. The SMILES string of the molecule is CCNC(=O)C1COCCN1C(=O)C(C)C(=O)O. The van der Waals surface area contributed by atoms with Gasteiger partial charge in [0.05, 0.1) is 13.2 Å². The summed E-state index contributed by atoms with van der Waals surface area (Å²) in [4.78, 5) is 35.8. The number of hydrogen-bond acceptors (Lipinski definition) is 4. The first kappa shape index (κ1) is 14.4. The van der Waals surface area contributed by atoms with Crippen LogP contribution in [-0.4, -0.2) is 60.1 Å². The standard InChI is InChI=1S/C11H18N2O5/c1-3-12-9(14)8-6-18-5-4-13(8)10(15)7(2)11(16)17/h7-8H,3-6H2,1-2H3,(H,12,14)(H,16,17). The van der Waals surface area contributed by atoms with Crippen LogP contribution in [0.1, 0.15) is 13.8 Å². The molecule has 7 nitrogen and oxygen atoms in total. The second kappa shape index (κ2) is 6.34. The third kappa shape index (κ3) is 3.19.